The fourth-order valence-corrected chi connectivity index (χ4v) is 3.28. The van der Waals surface area contributed by atoms with Crippen molar-refractivity contribution in [3.8, 4) is 11.5 Å². The number of hydrogen-bond acceptors (Lipinski definition) is 6. The molecule has 7 heteroatoms. The summed E-state index contributed by atoms with van der Waals surface area (Å²) in [7, 11) is 2.47. The smallest absolute Gasteiger partial charge is 0.324 e. The zero-order valence-corrected chi connectivity index (χ0v) is 17.9. The molecule has 150 valence electrons. The zero-order chi connectivity index (χ0) is 20.7. The normalized spacial score (nSPS) is 13.7. The Kier molecular flexibility index (Phi) is 8.42. The molecule has 0 saturated heterocycles. The summed E-state index contributed by atoms with van der Waals surface area (Å²) in [6, 6.07) is 5.00. The second-order valence-corrected chi connectivity index (χ2v) is 8.40. The summed E-state index contributed by atoms with van der Waals surface area (Å²) in [6.45, 7) is 7.18. The summed E-state index contributed by atoms with van der Waals surface area (Å²) >= 11 is 0. The first-order valence-electron chi connectivity index (χ1n) is 8.96. The largest absolute Gasteiger partial charge is 0.496 e. The van der Waals surface area contributed by atoms with E-state index in [9.17, 15) is 14.2 Å². The molecule has 0 spiro atoms. The highest BCUT2D eigenvalue weighted by molar-refractivity contribution is 7.28. The zero-order valence-electron chi connectivity index (χ0n) is 17.0. The van der Waals surface area contributed by atoms with Crippen molar-refractivity contribution in [1.82, 2.24) is 0 Å². The van der Waals surface area contributed by atoms with E-state index in [0.717, 1.165) is 6.42 Å². The van der Waals surface area contributed by atoms with Gasteiger partial charge in [-0.15, -0.1) is 0 Å². The molecule has 0 aromatic heterocycles. The molecule has 0 aliphatic heterocycles. The third-order valence-corrected chi connectivity index (χ3v) is 4.97. The van der Waals surface area contributed by atoms with Crippen molar-refractivity contribution in [2.24, 2.45) is 0 Å². The highest BCUT2D eigenvalue weighted by Crippen LogP contribution is 2.39. The Hall–Kier alpha value is -1.94. The van der Waals surface area contributed by atoms with Gasteiger partial charge in [-0.05, 0) is 39.3 Å². The fourth-order valence-electron chi connectivity index (χ4n) is 2.70. The minimum atomic E-state index is -1.44. The van der Waals surface area contributed by atoms with Gasteiger partial charge in [0.25, 0.3) is 0 Å². The topological polar surface area (TPSA) is 78.9 Å². The molecular formula is C20H29O6P. The Balaban J connectivity index is 3.32. The first-order valence-corrected chi connectivity index (χ1v) is 9.77. The van der Waals surface area contributed by atoms with Crippen LogP contribution in [-0.4, -0.2) is 36.7 Å². The van der Waals surface area contributed by atoms with E-state index in [0.29, 0.717) is 17.9 Å². The van der Waals surface area contributed by atoms with Crippen molar-refractivity contribution in [2.75, 3.05) is 14.2 Å². The number of carbonyl (C=O) groups is 2. The summed E-state index contributed by atoms with van der Waals surface area (Å²) in [6.07, 6.45) is 1.47. The predicted octanol–water partition coefficient (Wildman–Crippen LogP) is 4.84. The number of unbranched alkanes of at least 4 members (excludes halogenated alkanes) is 1. The van der Waals surface area contributed by atoms with E-state index in [1.54, 1.807) is 39.0 Å². The van der Waals surface area contributed by atoms with Crippen molar-refractivity contribution >= 4 is 20.2 Å². The molecule has 0 bridgehead atoms. The van der Waals surface area contributed by atoms with Gasteiger partial charge in [0.15, 0.2) is 19.4 Å². The number of carbonyl (C=O) groups excluding carboxylic acids is 2. The van der Waals surface area contributed by atoms with Crippen LogP contribution in [0.1, 0.15) is 63.7 Å². The average molecular weight is 396 g/mol. The average Bonchev–Trinajstić information content (AvgIpc) is 2.62. The van der Waals surface area contributed by atoms with Crippen molar-refractivity contribution in [1.29, 1.82) is 0 Å². The number of rotatable bonds is 10. The Morgan fingerprint density at radius 2 is 1.63 bits per heavy atom. The molecule has 1 rings (SSSR count). The maximum absolute atomic E-state index is 13.1. The SMILES string of the molecule is CCCCC(CC(=O)c1c(OC)cccc1OC)(P=O)C(=O)OC(C)(C)C. The highest BCUT2D eigenvalue weighted by atomic mass is 31.1. The lowest BCUT2D eigenvalue weighted by Crippen LogP contribution is -2.41. The first-order chi connectivity index (χ1) is 12.6. The molecule has 27 heavy (non-hydrogen) atoms. The number of Topliss-reactive ketones (excluding diaryl/α,β-unsaturated/α-hetero) is 1. The number of ketones is 1. The summed E-state index contributed by atoms with van der Waals surface area (Å²) in [5.74, 6) is -0.331. The highest BCUT2D eigenvalue weighted by Gasteiger charge is 2.45. The van der Waals surface area contributed by atoms with Crippen LogP contribution < -0.4 is 9.47 Å². The summed E-state index contributed by atoms with van der Waals surface area (Å²) < 4.78 is 28.2. The van der Waals surface area contributed by atoms with Crippen molar-refractivity contribution in [3.63, 3.8) is 0 Å². The van der Waals surface area contributed by atoms with Gasteiger partial charge < -0.3 is 14.2 Å². The molecule has 6 nitrogen and oxygen atoms in total. The molecule has 1 aromatic carbocycles. The van der Waals surface area contributed by atoms with E-state index >= 15 is 0 Å². The molecule has 1 unspecified atom stereocenters. The van der Waals surface area contributed by atoms with Crippen LogP contribution in [0.25, 0.3) is 0 Å². The second kappa shape index (κ2) is 9.84. The Morgan fingerprint density at radius 3 is 2.04 bits per heavy atom. The van der Waals surface area contributed by atoms with Crippen LogP contribution in [0.5, 0.6) is 11.5 Å². The lowest BCUT2D eigenvalue weighted by Gasteiger charge is -2.29. The lowest BCUT2D eigenvalue weighted by molar-refractivity contribution is -0.158. The maximum Gasteiger partial charge on any atom is 0.324 e. The van der Waals surface area contributed by atoms with Crippen LogP contribution in [0, 0.1) is 0 Å². The lowest BCUT2D eigenvalue weighted by atomic mass is 9.91. The summed E-state index contributed by atoms with van der Waals surface area (Å²) in [5, 5.41) is -1.44. The van der Waals surface area contributed by atoms with Gasteiger partial charge in [-0.2, -0.15) is 0 Å². The Morgan fingerprint density at radius 1 is 1.07 bits per heavy atom. The van der Waals surface area contributed by atoms with Crippen LogP contribution >= 0.6 is 8.46 Å². The molecule has 0 aliphatic carbocycles. The summed E-state index contributed by atoms with van der Waals surface area (Å²) in [4.78, 5) is 26.0. The van der Waals surface area contributed by atoms with Crippen molar-refractivity contribution in [2.45, 2.75) is 64.1 Å². The number of hydrogen-bond donors (Lipinski definition) is 0. The maximum atomic E-state index is 13.1. The third kappa shape index (κ3) is 6.03. The molecule has 1 atom stereocenters. The van der Waals surface area contributed by atoms with Gasteiger partial charge >= 0.3 is 5.97 Å². The van der Waals surface area contributed by atoms with E-state index in [1.807, 2.05) is 6.92 Å². The van der Waals surface area contributed by atoms with Gasteiger partial charge in [-0.3, -0.25) is 14.2 Å². The molecule has 0 amide bonds. The van der Waals surface area contributed by atoms with Crippen LogP contribution in [0.15, 0.2) is 18.2 Å². The van der Waals surface area contributed by atoms with Gasteiger partial charge in [0.1, 0.15) is 22.7 Å². The van der Waals surface area contributed by atoms with Gasteiger partial charge in [0, 0.05) is 6.42 Å². The third-order valence-electron chi connectivity index (χ3n) is 4.06. The van der Waals surface area contributed by atoms with Crippen molar-refractivity contribution < 1.29 is 28.4 Å². The molecule has 0 heterocycles. The Labute approximate surface area is 162 Å². The van der Waals surface area contributed by atoms with E-state index in [-0.39, 0.29) is 24.2 Å². The number of benzene rings is 1. The molecule has 0 saturated carbocycles. The number of ether oxygens (including phenoxy) is 3. The van der Waals surface area contributed by atoms with E-state index in [2.05, 4.69) is 0 Å². The van der Waals surface area contributed by atoms with Gasteiger partial charge in [-0.25, -0.2) is 0 Å². The van der Waals surface area contributed by atoms with E-state index in [4.69, 9.17) is 14.2 Å². The molecular weight excluding hydrogens is 367 g/mol. The predicted molar refractivity (Wildman–Crippen MR) is 104 cm³/mol. The monoisotopic (exact) mass is 396 g/mol. The second-order valence-electron chi connectivity index (χ2n) is 7.37. The van der Waals surface area contributed by atoms with E-state index in [1.165, 1.54) is 14.2 Å². The van der Waals surface area contributed by atoms with Crippen LogP contribution in [0.2, 0.25) is 0 Å². The van der Waals surface area contributed by atoms with E-state index < -0.39 is 25.2 Å². The van der Waals surface area contributed by atoms with Crippen molar-refractivity contribution in [3.05, 3.63) is 23.8 Å². The first kappa shape index (κ1) is 23.1. The Bertz CT molecular complexity index is 657. The number of esters is 1. The van der Waals surface area contributed by atoms with Crippen LogP contribution in [0.3, 0.4) is 0 Å². The van der Waals surface area contributed by atoms with Gasteiger partial charge in [0.05, 0.1) is 14.2 Å². The molecule has 1 aromatic rings. The van der Waals surface area contributed by atoms with Gasteiger partial charge in [0.2, 0.25) is 0 Å². The molecule has 0 radical (unpaired) electrons. The van der Waals surface area contributed by atoms with Crippen LogP contribution in [0.4, 0.5) is 0 Å². The fraction of sp³-hybridized carbons (Fsp3) is 0.600. The van der Waals surface area contributed by atoms with Crippen LogP contribution in [-0.2, 0) is 14.1 Å². The quantitative estimate of drug-likeness (QED) is 0.320. The minimum Gasteiger partial charge on any atom is -0.496 e. The number of methoxy groups -OCH3 is 2. The molecule has 0 aliphatic rings. The molecule has 0 N–H and O–H groups in total. The standard InChI is InChI=1S/C20H29O6P/c1-7-8-12-20(27-23,18(22)26-19(2,3)4)13-14(21)17-15(24-5)10-9-11-16(17)25-6/h9-11H,7-8,12-13H2,1-6H3. The summed E-state index contributed by atoms with van der Waals surface area (Å²) in [5.41, 5.74) is -0.514. The molecule has 0 fully saturated rings. The minimum absolute atomic E-state index is 0.232. The van der Waals surface area contributed by atoms with Gasteiger partial charge in [-0.1, -0.05) is 25.8 Å².